The van der Waals surface area contributed by atoms with E-state index >= 15 is 0 Å². The molecule has 0 saturated heterocycles. The maximum Gasteiger partial charge on any atom is 0.193 e. The Morgan fingerprint density at radius 2 is 1.77 bits per heavy atom. The molecule has 0 amide bonds. The summed E-state index contributed by atoms with van der Waals surface area (Å²) in [7, 11) is 0. The third kappa shape index (κ3) is 2.00. The number of nitrogens with zero attached hydrogens (tertiary/aromatic N) is 2. The first kappa shape index (κ1) is 12.8. The van der Waals surface area contributed by atoms with E-state index in [0.717, 1.165) is 5.56 Å². The molecule has 4 heteroatoms. The average Bonchev–Trinajstić information content (AvgIpc) is 3.10. The van der Waals surface area contributed by atoms with Crippen molar-refractivity contribution in [3.05, 3.63) is 84.4 Å². The highest BCUT2D eigenvalue weighted by atomic mass is 16.5. The van der Waals surface area contributed by atoms with Crippen LogP contribution in [0.1, 0.15) is 28.1 Å². The maximum atomic E-state index is 13.0. The minimum Gasteiger partial charge on any atom is -0.482 e. The number of para-hydroxylation sites is 1. The Bertz CT molecular complexity index is 797. The average molecular weight is 290 g/mol. The Morgan fingerprint density at radius 1 is 1.00 bits per heavy atom. The minimum atomic E-state index is -0.445. The molecule has 0 spiro atoms. The molecule has 0 N–H and O–H groups in total. The molecule has 1 aliphatic heterocycles. The number of fused-ring (bicyclic) bond motifs is 1. The van der Waals surface area contributed by atoms with Crippen molar-refractivity contribution in [1.29, 1.82) is 0 Å². The normalized spacial score (nSPS) is 20.3. The van der Waals surface area contributed by atoms with E-state index in [1.165, 1.54) is 0 Å². The van der Waals surface area contributed by atoms with E-state index in [1.54, 1.807) is 18.7 Å². The highest BCUT2D eigenvalue weighted by molar-refractivity contribution is 6.02. The van der Waals surface area contributed by atoms with Crippen LogP contribution in [0.4, 0.5) is 0 Å². The number of carbonyl (C=O) groups is 1. The van der Waals surface area contributed by atoms with Crippen LogP contribution in [-0.2, 0) is 0 Å². The Labute approximate surface area is 128 Å². The van der Waals surface area contributed by atoms with Crippen LogP contribution in [0.25, 0.3) is 0 Å². The Hall–Kier alpha value is -2.88. The third-order valence-electron chi connectivity index (χ3n) is 3.94. The highest BCUT2D eigenvalue weighted by Gasteiger charge is 2.38. The van der Waals surface area contributed by atoms with Gasteiger partial charge in [-0.2, -0.15) is 0 Å². The lowest BCUT2D eigenvalue weighted by atomic mass is 9.91. The van der Waals surface area contributed by atoms with Gasteiger partial charge in [-0.05, 0) is 17.7 Å². The van der Waals surface area contributed by atoms with Crippen molar-refractivity contribution in [1.82, 2.24) is 9.55 Å². The molecule has 0 radical (unpaired) electrons. The second-order valence-electron chi connectivity index (χ2n) is 5.26. The number of rotatable bonds is 2. The molecule has 1 aliphatic rings. The third-order valence-corrected chi connectivity index (χ3v) is 3.94. The van der Waals surface area contributed by atoms with Crippen LogP contribution in [0.2, 0.25) is 0 Å². The molecule has 108 valence electrons. The van der Waals surface area contributed by atoms with Crippen molar-refractivity contribution >= 4 is 5.78 Å². The van der Waals surface area contributed by atoms with E-state index in [1.807, 2.05) is 59.2 Å². The van der Waals surface area contributed by atoms with Crippen LogP contribution in [0.3, 0.4) is 0 Å². The van der Waals surface area contributed by atoms with Gasteiger partial charge in [0, 0.05) is 12.4 Å². The summed E-state index contributed by atoms with van der Waals surface area (Å²) in [6.45, 7) is 0. The zero-order valence-corrected chi connectivity index (χ0v) is 11.8. The van der Waals surface area contributed by atoms with Gasteiger partial charge in [0.15, 0.2) is 11.9 Å². The summed E-state index contributed by atoms with van der Waals surface area (Å²) < 4.78 is 7.97. The molecule has 0 bridgehead atoms. The van der Waals surface area contributed by atoms with Crippen LogP contribution < -0.4 is 4.74 Å². The number of Topliss-reactive ketones (excluding diaryl/α,β-unsaturated/α-hetero) is 1. The lowest BCUT2D eigenvalue weighted by molar-refractivity contribution is 0.0677. The second kappa shape index (κ2) is 5.15. The first-order valence-corrected chi connectivity index (χ1v) is 7.17. The van der Waals surface area contributed by atoms with Gasteiger partial charge in [0.05, 0.1) is 11.9 Å². The molecule has 2 heterocycles. The number of hydrogen-bond acceptors (Lipinski definition) is 3. The molecule has 1 aromatic heterocycles. The van der Waals surface area contributed by atoms with E-state index < -0.39 is 6.04 Å². The van der Waals surface area contributed by atoms with Crippen LogP contribution in [0.5, 0.6) is 5.75 Å². The molecule has 0 unspecified atom stereocenters. The van der Waals surface area contributed by atoms with Crippen molar-refractivity contribution in [2.24, 2.45) is 0 Å². The SMILES string of the molecule is O=C1c2ccccc2O[C@@H](c2ccccc2)[C@@H]1n1ccnc1. The predicted molar refractivity (Wildman–Crippen MR) is 81.8 cm³/mol. The van der Waals surface area contributed by atoms with Crippen LogP contribution in [0.15, 0.2) is 73.3 Å². The van der Waals surface area contributed by atoms with Crippen molar-refractivity contribution in [2.75, 3.05) is 0 Å². The summed E-state index contributed by atoms with van der Waals surface area (Å²) in [6, 6.07) is 16.8. The lowest BCUT2D eigenvalue weighted by Gasteiger charge is -2.33. The molecule has 4 rings (SSSR count). The summed E-state index contributed by atoms with van der Waals surface area (Å²) >= 11 is 0. The quantitative estimate of drug-likeness (QED) is 0.726. The number of imidazole rings is 1. The van der Waals surface area contributed by atoms with Gasteiger partial charge in [-0.25, -0.2) is 4.98 Å². The molecule has 2 aromatic carbocycles. The van der Waals surface area contributed by atoms with Gasteiger partial charge in [-0.1, -0.05) is 42.5 Å². The molecule has 22 heavy (non-hydrogen) atoms. The fourth-order valence-corrected chi connectivity index (χ4v) is 2.89. The molecule has 0 aliphatic carbocycles. The van der Waals surface area contributed by atoms with E-state index in [4.69, 9.17) is 4.74 Å². The molecule has 2 atom stereocenters. The van der Waals surface area contributed by atoms with E-state index in [0.29, 0.717) is 11.3 Å². The van der Waals surface area contributed by atoms with Gasteiger partial charge < -0.3 is 9.30 Å². The topological polar surface area (TPSA) is 44.1 Å². The van der Waals surface area contributed by atoms with Crippen LogP contribution in [-0.4, -0.2) is 15.3 Å². The Morgan fingerprint density at radius 3 is 2.55 bits per heavy atom. The van der Waals surface area contributed by atoms with Crippen molar-refractivity contribution in [3.63, 3.8) is 0 Å². The molecular weight excluding hydrogens is 276 g/mol. The Balaban J connectivity index is 1.86. The first-order chi connectivity index (χ1) is 10.8. The minimum absolute atomic E-state index is 0.0497. The van der Waals surface area contributed by atoms with Gasteiger partial charge in [0.1, 0.15) is 11.8 Å². The number of ketones is 1. The summed E-state index contributed by atoms with van der Waals surface area (Å²) in [4.78, 5) is 17.0. The fraction of sp³-hybridized carbons (Fsp3) is 0.111. The monoisotopic (exact) mass is 290 g/mol. The van der Waals surface area contributed by atoms with E-state index in [9.17, 15) is 4.79 Å². The summed E-state index contributed by atoms with van der Waals surface area (Å²) in [5, 5.41) is 0. The van der Waals surface area contributed by atoms with E-state index in [2.05, 4.69) is 4.98 Å². The number of carbonyl (C=O) groups excluding carboxylic acids is 1. The highest BCUT2D eigenvalue weighted by Crippen LogP contribution is 2.40. The summed E-state index contributed by atoms with van der Waals surface area (Å²) in [5.74, 6) is 0.687. The van der Waals surface area contributed by atoms with Crippen molar-refractivity contribution in [3.8, 4) is 5.75 Å². The fourth-order valence-electron chi connectivity index (χ4n) is 2.89. The van der Waals surface area contributed by atoms with Crippen molar-refractivity contribution < 1.29 is 9.53 Å². The standard InChI is InChI=1S/C18H14N2O2/c21-17-14-8-4-5-9-15(14)22-18(13-6-2-1-3-7-13)16(17)20-11-10-19-12-20/h1-12,16,18H/t16-,18+/m1/s1. The molecule has 0 fully saturated rings. The number of benzene rings is 2. The van der Waals surface area contributed by atoms with Crippen LogP contribution >= 0.6 is 0 Å². The smallest absolute Gasteiger partial charge is 0.193 e. The zero-order chi connectivity index (χ0) is 14.9. The number of aromatic nitrogens is 2. The Kier molecular flexibility index (Phi) is 3.00. The molecule has 0 saturated carbocycles. The zero-order valence-electron chi connectivity index (χ0n) is 11.8. The van der Waals surface area contributed by atoms with Crippen molar-refractivity contribution in [2.45, 2.75) is 12.1 Å². The van der Waals surface area contributed by atoms with Gasteiger partial charge in [-0.15, -0.1) is 0 Å². The van der Waals surface area contributed by atoms with E-state index in [-0.39, 0.29) is 11.9 Å². The molecular formula is C18H14N2O2. The lowest BCUT2D eigenvalue weighted by Crippen LogP contribution is -2.33. The van der Waals surface area contributed by atoms with Crippen LogP contribution in [0, 0.1) is 0 Å². The second-order valence-corrected chi connectivity index (χ2v) is 5.26. The summed E-state index contributed by atoms with van der Waals surface area (Å²) in [6.07, 6.45) is 4.78. The summed E-state index contributed by atoms with van der Waals surface area (Å²) in [5.41, 5.74) is 1.59. The van der Waals surface area contributed by atoms with Gasteiger partial charge in [0.2, 0.25) is 0 Å². The maximum absolute atomic E-state index is 13.0. The largest absolute Gasteiger partial charge is 0.482 e. The molecule has 3 aromatic rings. The van der Waals surface area contributed by atoms with Gasteiger partial charge in [0.25, 0.3) is 0 Å². The van der Waals surface area contributed by atoms with Gasteiger partial charge in [-0.3, -0.25) is 4.79 Å². The molecule has 4 nitrogen and oxygen atoms in total. The van der Waals surface area contributed by atoms with Gasteiger partial charge >= 0.3 is 0 Å². The first-order valence-electron chi connectivity index (χ1n) is 7.17. The number of hydrogen-bond donors (Lipinski definition) is 0. The number of ether oxygens (including phenoxy) is 1. The predicted octanol–water partition coefficient (Wildman–Crippen LogP) is 3.44.